The van der Waals surface area contributed by atoms with Gasteiger partial charge in [-0.2, -0.15) is 0 Å². The van der Waals surface area contributed by atoms with Crippen LogP contribution in [0, 0.1) is 0 Å². The van der Waals surface area contributed by atoms with Crippen molar-refractivity contribution in [2.45, 2.75) is 6.61 Å². The SMILES string of the molecule is O=C(OCc1ccccc1)Oc1ccc2nc3ccc4ccccc4c3nc2c1. The zero-order chi connectivity index (χ0) is 19.6. The Hall–Kier alpha value is -3.99. The lowest BCUT2D eigenvalue weighted by Gasteiger charge is -2.08. The van der Waals surface area contributed by atoms with Gasteiger partial charge in [-0.3, -0.25) is 0 Å². The molecule has 0 saturated heterocycles. The first-order chi connectivity index (χ1) is 14.3. The van der Waals surface area contributed by atoms with Gasteiger partial charge in [0.05, 0.1) is 22.1 Å². The lowest BCUT2D eigenvalue weighted by Crippen LogP contribution is -2.10. The Bertz CT molecular complexity index is 1350. The van der Waals surface area contributed by atoms with Crippen LogP contribution >= 0.6 is 0 Å². The van der Waals surface area contributed by atoms with Gasteiger partial charge in [0.25, 0.3) is 0 Å². The lowest BCUT2D eigenvalue weighted by atomic mass is 10.1. The van der Waals surface area contributed by atoms with Crippen LogP contribution in [0.15, 0.2) is 84.9 Å². The van der Waals surface area contributed by atoms with Gasteiger partial charge in [0.2, 0.25) is 0 Å². The molecule has 0 bridgehead atoms. The van der Waals surface area contributed by atoms with Crippen molar-refractivity contribution in [3.63, 3.8) is 0 Å². The average molecular weight is 380 g/mol. The molecule has 0 aliphatic carbocycles. The van der Waals surface area contributed by atoms with Crippen LogP contribution in [-0.2, 0) is 11.3 Å². The number of ether oxygens (including phenoxy) is 2. The van der Waals surface area contributed by atoms with Gasteiger partial charge in [0.1, 0.15) is 12.4 Å². The van der Waals surface area contributed by atoms with E-state index in [1.165, 1.54) is 0 Å². The Labute approximate surface area is 166 Å². The Morgan fingerprint density at radius 3 is 2.45 bits per heavy atom. The Kier molecular flexibility index (Phi) is 4.26. The summed E-state index contributed by atoms with van der Waals surface area (Å²) in [6, 6.07) is 26.7. The molecule has 0 radical (unpaired) electrons. The molecule has 0 aliphatic heterocycles. The highest BCUT2D eigenvalue weighted by Gasteiger charge is 2.10. The van der Waals surface area contributed by atoms with Crippen LogP contribution in [-0.4, -0.2) is 16.1 Å². The first kappa shape index (κ1) is 17.1. The van der Waals surface area contributed by atoms with Gasteiger partial charge < -0.3 is 9.47 Å². The van der Waals surface area contributed by atoms with Crippen molar-refractivity contribution in [2.24, 2.45) is 0 Å². The van der Waals surface area contributed by atoms with E-state index in [-0.39, 0.29) is 6.61 Å². The number of carbonyl (C=O) groups excluding carboxylic acids is 1. The van der Waals surface area contributed by atoms with Crippen LogP contribution in [0.3, 0.4) is 0 Å². The van der Waals surface area contributed by atoms with Gasteiger partial charge in [-0.05, 0) is 29.1 Å². The smallest absolute Gasteiger partial charge is 0.429 e. The van der Waals surface area contributed by atoms with Crippen molar-refractivity contribution in [3.05, 3.63) is 90.5 Å². The van der Waals surface area contributed by atoms with Gasteiger partial charge in [-0.1, -0.05) is 60.7 Å². The molecule has 0 aliphatic rings. The van der Waals surface area contributed by atoms with E-state index in [9.17, 15) is 4.79 Å². The fraction of sp³-hybridized carbons (Fsp3) is 0.0417. The van der Waals surface area contributed by atoms with Gasteiger partial charge >= 0.3 is 6.16 Å². The molecular weight excluding hydrogens is 364 g/mol. The molecule has 0 fully saturated rings. The molecule has 0 unspecified atom stereocenters. The standard InChI is InChI=1S/C24H16N2O3/c27-24(28-15-16-6-2-1-3-7-16)29-18-11-13-20-22(14-18)26-23-19-9-5-4-8-17(19)10-12-21(23)25-20/h1-14H,15H2. The molecule has 5 nitrogen and oxygen atoms in total. The third-order valence-corrected chi connectivity index (χ3v) is 4.70. The van der Waals surface area contributed by atoms with E-state index < -0.39 is 6.16 Å². The van der Waals surface area contributed by atoms with Gasteiger partial charge in [-0.25, -0.2) is 14.8 Å². The van der Waals surface area contributed by atoms with Crippen molar-refractivity contribution in [2.75, 3.05) is 0 Å². The molecule has 5 heteroatoms. The maximum absolute atomic E-state index is 12.0. The summed E-state index contributed by atoms with van der Waals surface area (Å²) in [5, 5.41) is 2.14. The first-order valence-corrected chi connectivity index (χ1v) is 9.24. The van der Waals surface area contributed by atoms with E-state index in [0.29, 0.717) is 11.3 Å². The van der Waals surface area contributed by atoms with Crippen LogP contribution in [0.4, 0.5) is 4.79 Å². The summed E-state index contributed by atoms with van der Waals surface area (Å²) >= 11 is 0. The summed E-state index contributed by atoms with van der Waals surface area (Å²) in [6.45, 7) is 0.156. The summed E-state index contributed by atoms with van der Waals surface area (Å²) in [5.74, 6) is 0.365. The highest BCUT2D eigenvalue weighted by molar-refractivity contribution is 6.05. The van der Waals surface area contributed by atoms with Crippen molar-refractivity contribution >= 4 is 39.0 Å². The highest BCUT2D eigenvalue weighted by atomic mass is 16.7. The molecule has 0 saturated carbocycles. The second-order valence-corrected chi connectivity index (χ2v) is 6.65. The summed E-state index contributed by atoms with van der Waals surface area (Å²) in [4.78, 5) is 21.5. The minimum absolute atomic E-state index is 0.156. The summed E-state index contributed by atoms with van der Waals surface area (Å²) in [6.07, 6.45) is -0.757. The first-order valence-electron chi connectivity index (χ1n) is 9.24. The van der Waals surface area contributed by atoms with Gasteiger partial charge in [0.15, 0.2) is 0 Å². The van der Waals surface area contributed by atoms with Gasteiger partial charge in [0, 0.05) is 11.5 Å². The maximum Gasteiger partial charge on any atom is 0.514 e. The third kappa shape index (κ3) is 3.46. The zero-order valence-electron chi connectivity index (χ0n) is 15.4. The van der Waals surface area contributed by atoms with Crippen molar-refractivity contribution in [1.82, 2.24) is 9.97 Å². The summed E-state index contributed by atoms with van der Waals surface area (Å²) < 4.78 is 10.5. The molecule has 0 spiro atoms. The number of hydrogen-bond donors (Lipinski definition) is 0. The number of aromatic nitrogens is 2. The molecule has 5 aromatic rings. The van der Waals surface area contributed by atoms with Crippen LogP contribution in [0.1, 0.15) is 5.56 Å². The number of benzene rings is 4. The van der Waals surface area contributed by atoms with Gasteiger partial charge in [-0.15, -0.1) is 0 Å². The van der Waals surface area contributed by atoms with E-state index in [1.807, 2.05) is 66.7 Å². The summed E-state index contributed by atoms with van der Waals surface area (Å²) in [7, 11) is 0. The molecule has 4 aromatic carbocycles. The summed E-state index contributed by atoms with van der Waals surface area (Å²) in [5.41, 5.74) is 3.93. The van der Waals surface area contributed by atoms with Crippen LogP contribution < -0.4 is 4.74 Å². The molecule has 5 rings (SSSR count). The predicted molar refractivity (Wildman–Crippen MR) is 112 cm³/mol. The Morgan fingerprint density at radius 2 is 1.55 bits per heavy atom. The predicted octanol–water partition coefficient (Wildman–Crippen LogP) is 5.65. The molecule has 29 heavy (non-hydrogen) atoms. The van der Waals surface area contributed by atoms with Crippen LogP contribution in [0.2, 0.25) is 0 Å². The lowest BCUT2D eigenvalue weighted by molar-refractivity contribution is 0.0928. The largest absolute Gasteiger partial charge is 0.514 e. The topological polar surface area (TPSA) is 61.3 Å². The Morgan fingerprint density at radius 1 is 0.759 bits per heavy atom. The highest BCUT2D eigenvalue weighted by Crippen LogP contribution is 2.26. The normalized spacial score (nSPS) is 11.0. The van der Waals surface area contributed by atoms with E-state index in [0.717, 1.165) is 32.9 Å². The maximum atomic E-state index is 12.0. The molecule has 1 heterocycles. The van der Waals surface area contributed by atoms with E-state index in [4.69, 9.17) is 14.5 Å². The quantitative estimate of drug-likeness (QED) is 0.175. The molecule has 0 N–H and O–H groups in total. The number of fused-ring (bicyclic) bond motifs is 4. The van der Waals surface area contributed by atoms with Crippen LogP contribution in [0.25, 0.3) is 32.8 Å². The number of rotatable bonds is 3. The zero-order valence-corrected chi connectivity index (χ0v) is 15.4. The third-order valence-electron chi connectivity index (χ3n) is 4.70. The minimum Gasteiger partial charge on any atom is -0.429 e. The van der Waals surface area contributed by atoms with E-state index >= 15 is 0 Å². The minimum atomic E-state index is -0.757. The molecule has 0 amide bonds. The number of hydrogen-bond acceptors (Lipinski definition) is 5. The monoisotopic (exact) mass is 380 g/mol. The van der Waals surface area contributed by atoms with E-state index in [1.54, 1.807) is 18.2 Å². The fourth-order valence-electron chi connectivity index (χ4n) is 3.29. The van der Waals surface area contributed by atoms with Crippen molar-refractivity contribution in [3.8, 4) is 5.75 Å². The number of nitrogens with zero attached hydrogens (tertiary/aromatic N) is 2. The second kappa shape index (κ2) is 7.20. The average Bonchev–Trinajstić information content (AvgIpc) is 2.77. The van der Waals surface area contributed by atoms with Crippen molar-refractivity contribution in [1.29, 1.82) is 0 Å². The molecular formula is C24H16N2O3. The molecule has 1 aromatic heterocycles. The van der Waals surface area contributed by atoms with Crippen molar-refractivity contribution < 1.29 is 14.3 Å². The fourth-order valence-corrected chi connectivity index (χ4v) is 3.29. The molecule has 0 atom stereocenters. The molecule has 140 valence electrons. The number of carbonyl (C=O) groups is 1. The Balaban J connectivity index is 1.43. The van der Waals surface area contributed by atoms with E-state index in [2.05, 4.69) is 4.98 Å². The van der Waals surface area contributed by atoms with Crippen LogP contribution in [0.5, 0.6) is 5.75 Å². The second-order valence-electron chi connectivity index (χ2n) is 6.65.